The number of aliphatic imine (C=N–C) groups is 1. The summed E-state index contributed by atoms with van der Waals surface area (Å²) in [6.07, 6.45) is 2.08. The van der Waals surface area contributed by atoms with E-state index in [2.05, 4.69) is 15.6 Å². The molecule has 1 aromatic carbocycles. The molecule has 1 aromatic rings. The zero-order valence-electron chi connectivity index (χ0n) is 13.9. The molecule has 4 nitrogen and oxygen atoms in total. The molecule has 22 heavy (non-hydrogen) atoms. The largest absolute Gasteiger partial charge is 0.382 e. The molecular weight excluding hydrogens is 281 g/mol. The quantitative estimate of drug-likeness (QED) is 0.419. The third kappa shape index (κ3) is 7.41. The average Bonchev–Trinajstić information content (AvgIpc) is 2.51. The minimum absolute atomic E-state index is 0.174. The van der Waals surface area contributed by atoms with Crippen LogP contribution in [0.25, 0.3) is 0 Å². The molecule has 2 N–H and O–H groups in total. The summed E-state index contributed by atoms with van der Waals surface area (Å²) in [5, 5.41) is 6.52. The highest BCUT2D eigenvalue weighted by molar-refractivity contribution is 5.79. The van der Waals surface area contributed by atoms with Gasteiger partial charge >= 0.3 is 0 Å². The van der Waals surface area contributed by atoms with Gasteiger partial charge in [-0.25, -0.2) is 9.38 Å². The van der Waals surface area contributed by atoms with Crippen LogP contribution in [0.3, 0.4) is 0 Å². The van der Waals surface area contributed by atoms with Crippen molar-refractivity contribution in [2.75, 3.05) is 26.3 Å². The summed E-state index contributed by atoms with van der Waals surface area (Å²) in [7, 11) is 0. The summed E-state index contributed by atoms with van der Waals surface area (Å²) in [6, 6.07) is 5.11. The average molecular weight is 309 g/mol. The lowest BCUT2D eigenvalue weighted by Crippen LogP contribution is -2.37. The lowest BCUT2D eigenvalue weighted by atomic mass is 10.1. The van der Waals surface area contributed by atoms with Gasteiger partial charge in [0.1, 0.15) is 5.82 Å². The van der Waals surface area contributed by atoms with Crippen LogP contribution >= 0.6 is 0 Å². The molecule has 0 spiro atoms. The van der Waals surface area contributed by atoms with E-state index in [1.54, 1.807) is 13.0 Å². The highest BCUT2D eigenvalue weighted by Gasteiger charge is 2.00. The number of nitrogens with one attached hydrogen (secondary N) is 2. The second kappa shape index (κ2) is 11.0. The van der Waals surface area contributed by atoms with Crippen molar-refractivity contribution in [3.63, 3.8) is 0 Å². The van der Waals surface area contributed by atoms with Gasteiger partial charge in [-0.1, -0.05) is 12.1 Å². The Morgan fingerprint density at radius 2 is 2.05 bits per heavy atom. The number of unbranched alkanes of at least 4 members (excludes halogenated alkanes) is 1. The second-order valence-corrected chi connectivity index (χ2v) is 5.11. The van der Waals surface area contributed by atoms with Crippen LogP contribution in [0.15, 0.2) is 23.2 Å². The van der Waals surface area contributed by atoms with Gasteiger partial charge < -0.3 is 15.4 Å². The molecule has 124 valence electrons. The van der Waals surface area contributed by atoms with Gasteiger partial charge in [-0.05, 0) is 50.8 Å². The fourth-order valence-corrected chi connectivity index (χ4v) is 2.00. The Morgan fingerprint density at radius 1 is 1.23 bits per heavy atom. The summed E-state index contributed by atoms with van der Waals surface area (Å²) < 4.78 is 18.6. The number of hydrogen-bond donors (Lipinski definition) is 2. The molecule has 0 amide bonds. The van der Waals surface area contributed by atoms with Crippen LogP contribution in [-0.2, 0) is 11.3 Å². The number of nitrogens with zero attached hydrogens (tertiary/aromatic N) is 1. The fraction of sp³-hybridized carbons (Fsp3) is 0.588. The second-order valence-electron chi connectivity index (χ2n) is 5.11. The van der Waals surface area contributed by atoms with Gasteiger partial charge in [0.2, 0.25) is 0 Å². The van der Waals surface area contributed by atoms with Crippen LogP contribution in [0.1, 0.15) is 37.8 Å². The molecule has 1 rings (SSSR count). The molecule has 0 heterocycles. The topological polar surface area (TPSA) is 45.7 Å². The van der Waals surface area contributed by atoms with E-state index in [1.807, 2.05) is 19.9 Å². The summed E-state index contributed by atoms with van der Waals surface area (Å²) in [5.74, 6) is 0.618. The molecule has 0 unspecified atom stereocenters. The van der Waals surface area contributed by atoms with Gasteiger partial charge in [-0.15, -0.1) is 0 Å². The molecule has 0 fully saturated rings. The third-order valence-corrected chi connectivity index (χ3v) is 3.20. The normalized spacial score (nSPS) is 11.5. The third-order valence-electron chi connectivity index (χ3n) is 3.20. The predicted molar refractivity (Wildman–Crippen MR) is 89.7 cm³/mol. The highest BCUT2D eigenvalue weighted by atomic mass is 19.1. The number of rotatable bonds is 9. The number of ether oxygens (including phenoxy) is 1. The fourth-order valence-electron chi connectivity index (χ4n) is 2.00. The Labute approximate surface area is 133 Å². The number of halogens is 1. The Bertz CT molecular complexity index is 463. The highest BCUT2D eigenvalue weighted by Crippen LogP contribution is 2.09. The van der Waals surface area contributed by atoms with Crippen LogP contribution in [-0.4, -0.2) is 32.3 Å². The first-order valence-electron chi connectivity index (χ1n) is 8.02. The number of aryl methyl sites for hydroxylation is 1. The van der Waals surface area contributed by atoms with Crippen molar-refractivity contribution in [3.05, 3.63) is 35.1 Å². The first-order chi connectivity index (χ1) is 10.7. The van der Waals surface area contributed by atoms with Crippen molar-refractivity contribution in [2.24, 2.45) is 4.99 Å². The van der Waals surface area contributed by atoms with Gasteiger partial charge in [0.15, 0.2) is 5.96 Å². The lowest BCUT2D eigenvalue weighted by Gasteiger charge is -2.11. The molecule has 0 aromatic heterocycles. The van der Waals surface area contributed by atoms with Gasteiger partial charge in [0.25, 0.3) is 0 Å². The maximum Gasteiger partial charge on any atom is 0.191 e. The van der Waals surface area contributed by atoms with E-state index in [4.69, 9.17) is 4.74 Å². The Morgan fingerprint density at radius 3 is 2.73 bits per heavy atom. The van der Waals surface area contributed by atoms with Crippen molar-refractivity contribution < 1.29 is 9.13 Å². The first kappa shape index (κ1) is 18.4. The van der Waals surface area contributed by atoms with Crippen molar-refractivity contribution in [2.45, 2.75) is 40.2 Å². The van der Waals surface area contributed by atoms with E-state index in [1.165, 1.54) is 6.07 Å². The minimum Gasteiger partial charge on any atom is -0.382 e. The van der Waals surface area contributed by atoms with E-state index in [0.29, 0.717) is 12.1 Å². The lowest BCUT2D eigenvalue weighted by molar-refractivity contribution is 0.143. The van der Waals surface area contributed by atoms with Crippen LogP contribution in [0.4, 0.5) is 4.39 Å². The molecule has 0 atom stereocenters. The van der Waals surface area contributed by atoms with Gasteiger partial charge in [0, 0.05) is 26.3 Å². The monoisotopic (exact) mass is 309 g/mol. The summed E-state index contributed by atoms with van der Waals surface area (Å²) >= 11 is 0. The minimum atomic E-state index is -0.174. The Hall–Kier alpha value is -1.62. The molecule has 0 radical (unpaired) electrons. The maximum absolute atomic E-state index is 13.2. The molecule has 0 bridgehead atoms. The SMILES string of the molecule is CCNC(=NCc1ccc(F)c(C)c1)NCCCCOCC. The van der Waals surface area contributed by atoms with Crippen molar-refractivity contribution in [1.29, 1.82) is 0 Å². The standard InChI is InChI=1S/C17H28FN3O/c1-4-19-17(20-10-6-7-11-22-5-2)21-13-15-8-9-16(18)14(3)12-15/h8-9,12H,4-7,10-11,13H2,1-3H3,(H2,19,20,21). The number of hydrogen-bond acceptors (Lipinski definition) is 2. The number of benzene rings is 1. The van der Waals surface area contributed by atoms with E-state index < -0.39 is 0 Å². The van der Waals surface area contributed by atoms with Crippen molar-refractivity contribution >= 4 is 5.96 Å². The molecule has 0 aliphatic heterocycles. The molecule has 0 aliphatic rings. The van der Waals surface area contributed by atoms with Crippen LogP contribution in [0, 0.1) is 12.7 Å². The van der Waals surface area contributed by atoms with Gasteiger partial charge in [-0.2, -0.15) is 0 Å². The zero-order chi connectivity index (χ0) is 16.2. The Balaban J connectivity index is 2.42. The molecule has 0 aliphatic carbocycles. The first-order valence-corrected chi connectivity index (χ1v) is 8.02. The van der Waals surface area contributed by atoms with Crippen LogP contribution in [0.5, 0.6) is 0 Å². The predicted octanol–water partition coefficient (Wildman–Crippen LogP) is 3.01. The molecular formula is C17H28FN3O. The van der Waals surface area contributed by atoms with E-state index in [9.17, 15) is 4.39 Å². The van der Waals surface area contributed by atoms with E-state index >= 15 is 0 Å². The summed E-state index contributed by atoms with van der Waals surface area (Å²) in [5.41, 5.74) is 1.66. The van der Waals surface area contributed by atoms with E-state index in [-0.39, 0.29) is 5.82 Å². The van der Waals surface area contributed by atoms with Crippen molar-refractivity contribution in [3.8, 4) is 0 Å². The van der Waals surface area contributed by atoms with Crippen molar-refractivity contribution in [1.82, 2.24) is 10.6 Å². The van der Waals surface area contributed by atoms with E-state index in [0.717, 1.165) is 50.7 Å². The summed E-state index contributed by atoms with van der Waals surface area (Å²) in [4.78, 5) is 4.53. The van der Waals surface area contributed by atoms with Gasteiger partial charge in [-0.3, -0.25) is 0 Å². The Kier molecular flexibility index (Phi) is 9.23. The smallest absolute Gasteiger partial charge is 0.191 e. The number of guanidine groups is 1. The molecule has 0 saturated heterocycles. The van der Waals surface area contributed by atoms with Crippen LogP contribution < -0.4 is 10.6 Å². The van der Waals surface area contributed by atoms with Crippen LogP contribution in [0.2, 0.25) is 0 Å². The van der Waals surface area contributed by atoms with Gasteiger partial charge in [0.05, 0.1) is 6.54 Å². The molecule has 0 saturated carbocycles. The maximum atomic E-state index is 13.2. The molecule has 5 heteroatoms. The summed E-state index contributed by atoms with van der Waals surface area (Å²) in [6.45, 7) is 9.60. The zero-order valence-corrected chi connectivity index (χ0v) is 13.9.